The lowest BCUT2D eigenvalue weighted by atomic mass is 10.0. The van der Waals surface area contributed by atoms with Crippen molar-refractivity contribution in [3.63, 3.8) is 0 Å². The van der Waals surface area contributed by atoms with Crippen molar-refractivity contribution in [2.75, 3.05) is 0 Å². The number of nitrogens with two attached hydrogens (primary N) is 1. The zero-order valence-corrected chi connectivity index (χ0v) is 9.33. The lowest BCUT2D eigenvalue weighted by molar-refractivity contribution is -0.153. The van der Waals surface area contributed by atoms with E-state index < -0.39 is 28.2 Å². The summed E-state index contributed by atoms with van der Waals surface area (Å²) in [6.45, 7) is 0. The fourth-order valence-electron chi connectivity index (χ4n) is 1.19. The lowest BCUT2D eigenvalue weighted by Crippen LogP contribution is -2.27. The van der Waals surface area contributed by atoms with Crippen LogP contribution in [0.4, 0.5) is 0 Å². The van der Waals surface area contributed by atoms with E-state index in [-0.39, 0.29) is 10.5 Å². The van der Waals surface area contributed by atoms with Gasteiger partial charge in [0.25, 0.3) is 0 Å². The van der Waals surface area contributed by atoms with E-state index in [1.165, 1.54) is 18.2 Å². The van der Waals surface area contributed by atoms with E-state index in [1.807, 2.05) is 0 Å². The SMILES string of the molecule is NS(=O)(=O)c1cccc(C(O)C(O)C(=O)O)c1. The average molecular weight is 261 g/mol. The molecule has 0 fully saturated rings. The number of hydrogen-bond donors (Lipinski definition) is 4. The number of rotatable bonds is 4. The Bertz CT molecular complexity index is 526. The van der Waals surface area contributed by atoms with Gasteiger partial charge in [0.1, 0.15) is 6.10 Å². The van der Waals surface area contributed by atoms with Crippen molar-refractivity contribution in [2.24, 2.45) is 5.14 Å². The quantitative estimate of drug-likeness (QED) is 0.537. The van der Waals surface area contributed by atoms with E-state index in [0.29, 0.717) is 0 Å². The Labute approximate surface area is 97.2 Å². The second-order valence-corrected chi connectivity index (χ2v) is 4.91. The molecule has 17 heavy (non-hydrogen) atoms. The molecular weight excluding hydrogens is 250 g/mol. The highest BCUT2D eigenvalue weighted by molar-refractivity contribution is 7.89. The Kier molecular flexibility index (Phi) is 3.83. The van der Waals surface area contributed by atoms with Crippen molar-refractivity contribution in [3.8, 4) is 0 Å². The molecule has 94 valence electrons. The first kappa shape index (κ1) is 13.6. The van der Waals surface area contributed by atoms with Gasteiger partial charge in [0.05, 0.1) is 4.90 Å². The first-order valence-corrected chi connectivity index (χ1v) is 6.00. The highest BCUT2D eigenvalue weighted by atomic mass is 32.2. The van der Waals surface area contributed by atoms with Crippen LogP contribution in [0.3, 0.4) is 0 Å². The third-order valence-electron chi connectivity index (χ3n) is 2.08. The number of aliphatic hydroxyl groups is 2. The van der Waals surface area contributed by atoms with Gasteiger partial charge in [0.15, 0.2) is 6.10 Å². The minimum Gasteiger partial charge on any atom is -0.479 e. The van der Waals surface area contributed by atoms with Gasteiger partial charge in [-0.3, -0.25) is 0 Å². The zero-order chi connectivity index (χ0) is 13.2. The molecule has 0 aliphatic rings. The van der Waals surface area contributed by atoms with Crippen LogP contribution in [0.2, 0.25) is 0 Å². The molecule has 7 nitrogen and oxygen atoms in total. The number of aliphatic carboxylic acids is 1. The molecule has 2 atom stereocenters. The summed E-state index contributed by atoms with van der Waals surface area (Å²) < 4.78 is 22.1. The number of aliphatic hydroxyl groups excluding tert-OH is 2. The van der Waals surface area contributed by atoms with Crippen LogP contribution >= 0.6 is 0 Å². The predicted octanol–water partition coefficient (Wildman–Crippen LogP) is -1.19. The summed E-state index contributed by atoms with van der Waals surface area (Å²) in [5.74, 6) is -1.61. The maximum atomic E-state index is 11.0. The second-order valence-electron chi connectivity index (χ2n) is 3.35. The number of carboxylic acids is 1. The third kappa shape index (κ3) is 3.24. The predicted molar refractivity (Wildman–Crippen MR) is 56.4 cm³/mol. The minimum atomic E-state index is -3.94. The fraction of sp³-hybridized carbons (Fsp3) is 0.222. The minimum absolute atomic E-state index is 0.0496. The van der Waals surface area contributed by atoms with E-state index in [0.717, 1.165) is 6.07 Å². The Hall–Kier alpha value is -1.48. The van der Waals surface area contributed by atoms with Gasteiger partial charge in [-0.25, -0.2) is 18.4 Å². The lowest BCUT2D eigenvalue weighted by Gasteiger charge is -2.14. The molecule has 0 aliphatic heterocycles. The summed E-state index contributed by atoms with van der Waals surface area (Å²) >= 11 is 0. The van der Waals surface area contributed by atoms with Crippen LogP contribution in [-0.4, -0.2) is 35.8 Å². The molecule has 0 radical (unpaired) electrons. The molecule has 0 amide bonds. The van der Waals surface area contributed by atoms with Crippen LogP contribution in [-0.2, 0) is 14.8 Å². The van der Waals surface area contributed by atoms with Crippen molar-refractivity contribution in [1.82, 2.24) is 0 Å². The van der Waals surface area contributed by atoms with Gasteiger partial charge in [-0.15, -0.1) is 0 Å². The molecule has 1 aromatic carbocycles. The Morgan fingerprint density at radius 2 is 1.88 bits per heavy atom. The van der Waals surface area contributed by atoms with Crippen molar-refractivity contribution in [3.05, 3.63) is 29.8 Å². The summed E-state index contributed by atoms with van der Waals surface area (Å²) in [6.07, 6.45) is -3.76. The van der Waals surface area contributed by atoms with Crippen LogP contribution in [0.5, 0.6) is 0 Å². The van der Waals surface area contributed by atoms with E-state index in [2.05, 4.69) is 0 Å². The molecule has 0 aromatic heterocycles. The summed E-state index contributed by atoms with van der Waals surface area (Å²) in [5, 5.41) is 32.0. The molecule has 0 saturated carbocycles. The zero-order valence-electron chi connectivity index (χ0n) is 8.52. The highest BCUT2D eigenvalue weighted by Gasteiger charge is 2.25. The summed E-state index contributed by atoms with van der Waals surface area (Å²) in [5.41, 5.74) is -0.0496. The molecule has 0 saturated heterocycles. The number of carbonyl (C=O) groups is 1. The molecule has 0 heterocycles. The first-order valence-electron chi connectivity index (χ1n) is 4.45. The number of benzene rings is 1. The van der Waals surface area contributed by atoms with Gasteiger partial charge < -0.3 is 15.3 Å². The molecular formula is C9H11NO6S. The third-order valence-corrected chi connectivity index (χ3v) is 2.99. The maximum absolute atomic E-state index is 11.0. The number of sulfonamides is 1. The Morgan fingerprint density at radius 1 is 1.29 bits per heavy atom. The number of hydrogen-bond acceptors (Lipinski definition) is 5. The maximum Gasteiger partial charge on any atom is 0.335 e. The number of primary sulfonamides is 1. The normalized spacial score (nSPS) is 15.2. The monoisotopic (exact) mass is 261 g/mol. The van der Waals surface area contributed by atoms with E-state index in [9.17, 15) is 18.3 Å². The molecule has 0 spiro atoms. The highest BCUT2D eigenvalue weighted by Crippen LogP contribution is 2.20. The number of carboxylic acid groups (broad SMARTS) is 1. The molecule has 0 aliphatic carbocycles. The van der Waals surface area contributed by atoms with Gasteiger partial charge in [-0.05, 0) is 17.7 Å². The van der Waals surface area contributed by atoms with Crippen molar-refractivity contribution >= 4 is 16.0 Å². The summed E-state index contributed by atoms with van der Waals surface area (Å²) in [7, 11) is -3.94. The van der Waals surface area contributed by atoms with Crippen LogP contribution in [0.1, 0.15) is 11.7 Å². The van der Waals surface area contributed by atoms with Gasteiger partial charge >= 0.3 is 5.97 Å². The van der Waals surface area contributed by atoms with E-state index in [1.54, 1.807) is 0 Å². The summed E-state index contributed by atoms with van der Waals surface area (Å²) in [4.78, 5) is 10.2. The molecule has 0 bridgehead atoms. The second kappa shape index (κ2) is 4.80. The Balaban J connectivity index is 3.12. The smallest absolute Gasteiger partial charge is 0.335 e. The van der Waals surface area contributed by atoms with E-state index in [4.69, 9.17) is 15.4 Å². The van der Waals surface area contributed by atoms with Gasteiger partial charge in [0, 0.05) is 0 Å². The van der Waals surface area contributed by atoms with Gasteiger partial charge in [-0.1, -0.05) is 12.1 Å². The summed E-state index contributed by atoms with van der Waals surface area (Å²) in [6, 6.07) is 4.77. The van der Waals surface area contributed by atoms with Gasteiger partial charge in [-0.2, -0.15) is 0 Å². The molecule has 8 heteroatoms. The van der Waals surface area contributed by atoms with Crippen LogP contribution < -0.4 is 5.14 Å². The largest absolute Gasteiger partial charge is 0.479 e. The van der Waals surface area contributed by atoms with Crippen molar-refractivity contribution in [1.29, 1.82) is 0 Å². The first-order chi connectivity index (χ1) is 7.73. The van der Waals surface area contributed by atoms with Crippen LogP contribution in [0.15, 0.2) is 29.2 Å². The fourth-order valence-corrected chi connectivity index (χ4v) is 1.76. The standard InChI is InChI=1S/C9H11NO6S/c10-17(15,16)6-3-1-2-5(4-6)7(11)8(12)9(13)14/h1-4,7-8,11-12H,(H,13,14)(H2,10,15,16). The molecule has 5 N–H and O–H groups in total. The topological polar surface area (TPSA) is 138 Å². The molecule has 1 aromatic rings. The van der Waals surface area contributed by atoms with Gasteiger partial charge in [0.2, 0.25) is 10.0 Å². The average Bonchev–Trinajstić information content (AvgIpc) is 2.26. The van der Waals surface area contributed by atoms with E-state index >= 15 is 0 Å². The van der Waals surface area contributed by atoms with Crippen molar-refractivity contribution in [2.45, 2.75) is 17.1 Å². The van der Waals surface area contributed by atoms with Crippen LogP contribution in [0, 0.1) is 0 Å². The van der Waals surface area contributed by atoms with Crippen molar-refractivity contribution < 1.29 is 28.5 Å². The molecule has 1 rings (SSSR count). The van der Waals surface area contributed by atoms with Crippen LogP contribution in [0.25, 0.3) is 0 Å². The Morgan fingerprint density at radius 3 is 2.35 bits per heavy atom. The molecule has 2 unspecified atom stereocenters.